The molecule has 0 amide bonds. The van der Waals surface area contributed by atoms with E-state index in [1.54, 1.807) is 0 Å². The van der Waals surface area contributed by atoms with Crippen molar-refractivity contribution in [1.29, 1.82) is 0 Å². The van der Waals surface area contributed by atoms with Gasteiger partial charge in [0.25, 0.3) is 0 Å². The van der Waals surface area contributed by atoms with Crippen LogP contribution in [-0.2, 0) is 7.05 Å². The molecule has 1 saturated heterocycles. The summed E-state index contributed by atoms with van der Waals surface area (Å²) < 4.78 is 8.60. The Kier molecular flexibility index (Phi) is 3.83. The number of imidazole rings is 1. The van der Waals surface area contributed by atoms with E-state index >= 15 is 0 Å². The summed E-state index contributed by atoms with van der Waals surface area (Å²) in [5.74, 6) is 1.55. The second-order valence-electron chi connectivity index (χ2n) is 8.46. The zero-order valence-corrected chi connectivity index (χ0v) is 15.7. The van der Waals surface area contributed by atoms with Crippen LogP contribution in [0.3, 0.4) is 0 Å². The number of fused-ring (bicyclic) bond motifs is 1. The molecule has 1 spiro atoms. The lowest BCUT2D eigenvalue weighted by atomic mass is 9.72. The molecule has 1 N–H and O–H groups in total. The first-order valence-corrected chi connectivity index (χ1v) is 9.82. The Balaban J connectivity index is 1.43. The van der Waals surface area contributed by atoms with Crippen molar-refractivity contribution in [3.05, 3.63) is 48.0 Å². The number of nitrogens with one attached hydrogen (secondary N) is 1. The first-order chi connectivity index (χ1) is 12.6. The summed E-state index contributed by atoms with van der Waals surface area (Å²) in [5, 5.41) is 4.03. The maximum atomic E-state index is 6.42. The Morgan fingerprint density at radius 3 is 2.77 bits per heavy atom. The molecule has 2 aromatic rings. The average Bonchev–Trinajstić information content (AvgIpc) is 3.18. The predicted octanol–water partition coefficient (Wildman–Crippen LogP) is 2.85. The summed E-state index contributed by atoms with van der Waals surface area (Å²) >= 11 is 0. The maximum absolute atomic E-state index is 6.42. The normalized spacial score (nSPS) is 30.0. The number of ether oxygens (including phenoxy) is 1. The lowest BCUT2D eigenvalue weighted by Crippen LogP contribution is -2.51. The third kappa shape index (κ3) is 2.65. The highest BCUT2D eigenvalue weighted by atomic mass is 16.5. The number of benzene rings is 1. The van der Waals surface area contributed by atoms with Crippen molar-refractivity contribution < 1.29 is 4.74 Å². The molecule has 138 valence electrons. The molecule has 2 fully saturated rings. The number of aromatic nitrogens is 2. The van der Waals surface area contributed by atoms with Crippen LogP contribution >= 0.6 is 0 Å². The highest BCUT2D eigenvalue weighted by molar-refractivity contribution is 5.39. The number of aryl methyl sites for hydroxylation is 1. The van der Waals surface area contributed by atoms with Crippen LogP contribution in [0.2, 0.25) is 0 Å². The second-order valence-corrected chi connectivity index (χ2v) is 8.46. The summed E-state index contributed by atoms with van der Waals surface area (Å²) in [5.41, 5.74) is 2.72. The van der Waals surface area contributed by atoms with Crippen LogP contribution in [0.4, 0.5) is 0 Å². The molecular weight excluding hydrogens is 324 g/mol. The largest absolute Gasteiger partial charge is 0.487 e. The third-order valence-corrected chi connectivity index (χ3v) is 6.61. The Morgan fingerprint density at radius 1 is 1.19 bits per heavy atom. The molecule has 5 rings (SSSR count). The first-order valence-electron chi connectivity index (χ1n) is 9.82. The molecule has 3 heterocycles. The van der Waals surface area contributed by atoms with Gasteiger partial charge in [0.2, 0.25) is 0 Å². The number of nitrogens with zero attached hydrogens (tertiary/aromatic N) is 3. The molecule has 1 aliphatic carbocycles. The number of para-hydroxylation sites is 1. The summed E-state index contributed by atoms with van der Waals surface area (Å²) in [6.45, 7) is 2.15. The van der Waals surface area contributed by atoms with Crippen LogP contribution in [0, 0.1) is 0 Å². The summed E-state index contributed by atoms with van der Waals surface area (Å²) in [4.78, 5) is 6.78. The highest BCUT2D eigenvalue weighted by Gasteiger charge is 2.46. The monoisotopic (exact) mass is 352 g/mol. The molecule has 0 bridgehead atoms. The van der Waals surface area contributed by atoms with Crippen molar-refractivity contribution in [2.45, 2.75) is 49.3 Å². The van der Waals surface area contributed by atoms with E-state index < -0.39 is 0 Å². The fourth-order valence-corrected chi connectivity index (χ4v) is 5.10. The van der Waals surface area contributed by atoms with E-state index in [2.05, 4.69) is 58.1 Å². The van der Waals surface area contributed by atoms with Gasteiger partial charge in [0, 0.05) is 62.0 Å². The van der Waals surface area contributed by atoms with E-state index in [4.69, 9.17) is 4.74 Å². The summed E-state index contributed by atoms with van der Waals surface area (Å²) in [7, 11) is 4.32. The summed E-state index contributed by atoms with van der Waals surface area (Å²) in [6, 6.07) is 9.40. The molecule has 1 aromatic heterocycles. The van der Waals surface area contributed by atoms with Crippen molar-refractivity contribution in [2.75, 3.05) is 20.1 Å². The zero-order valence-electron chi connectivity index (χ0n) is 15.7. The van der Waals surface area contributed by atoms with E-state index in [0.29, 0.717) is 18.0 Å². The van der Waals surface area contributed by atoms with E-state index in [0.717, 1.165) is 25.3 Å². The minimum Gasteiger partial charge on any atom is -0.487 e. The van der Waals surface area contributed by atoms with Gasteiger partial charge < -0.3 is 19.5 Å². The van der Waals surface area contributed by atoms with Gasteiger partial charge in [0.1, 0.15) is 11.4 Å². The van der Waals surface area contributed by atoms with E-state index in [-0.39, 0.29) is 5.60 Å². The highest BCUT2D eigenvalue weighted by Crippen LogP contribution is 2.49. The SMILES string of the molecule is CN1C[C@@H](NC2CC3(CCC3)Oc3ccccc32)[C@H](c2cncn2C)C1. The van der Waals surface area contributed by atoms with Gasteiger partial charge in [-0.25, -0.2) is 4.98 Å². The van der Waals surface area contributed by atoms with Crippen LogP contribution in [0.5, 0.6) is 5.75 Å². The second kappa shape index (κ2) is 6.10. The van der Waals surface area contributed by atoms with E-state index in [9.17, 15) is 0 Å². The molecule has 3 atom stereocenters. The lowest BCUT2D eigenvalue weighted by Gasteiger charge is -2.48. The smallest absolute Gasteiger partial charge is 0.124 e. The van der Waals surface area contributed by atoms with Crippen molar-refractivity contribution in [3.63, 3.8) is 0 Å². The van der Waals surface area contributed by atoms with Crippen molar-refractivity contribution in [3.8, 4) is 5.75 Å². The van der Waals surface area contributed by atoms with Gasteiger partial charge in [0.05, 0.1) is 6.33 Å². The molecule has 1 saturated carbocycles. The maximum Gasteiger partial charge on any atom is 0.124 e. The molecule has 5 heteroatoms. The fourth-order valence-electron chi connectivity index (χ4n) is 5.10. The molecule has 26 heavy (non-hydrogen) atoms. The number of likely N-dealkylation sites (tertiary alicyclic amines) is 1. The number of likely N-dealkylation sites (N-methyl/N-ethyl adjacent to an activating group) is 1. The average molecular weight is 352 g/mol. The van der Waals surface area contributed by atoms with Gasteiger partial charge in [-0.3, -0.25) is 0 Å². The Labute approximate surface area is 155 Å². The molecule has 0 radical (unpaired) electrons. The van der Waals surface area contributed by atoms with Crippen molar-refractivity contribution in [1.82, 2.24) is 19.8 Å². The molecule has 3 aliphatic rings. The standard InChI is InChI=1S/C21H28N4O/c1-24-12-16(19-11-22-14-25(19)2)18(13-24)23-17-10-21(8-5-9-21)26-20-7-4-3-6-15(17)20/h3-4,6-7,11,14,16-18,23H,5,8-10,12-13H2,1-2H3/t16-,17?,18-/m1/s1. The topological polar surface area (TPSA) is 42.3 Å². The molecule has 1 aromatic carbocycles. The Morgan fingerprint density at radius 2 is 2.04 bits per heavy atom. The predicted molar refractivity (Wildman–Crippen MR) is 101 cm³/mol. The minimum absolute atomic E-state index is 0.0680. The molecule has 1 unspecified atom stereocenters. The Hall–Kier alpha value is -1.85. The van der Waals surface area contributed by atoms with Crippen LogP contribution in [0.1, 0.15) is 48.9 Å². The van der Waals surface area contributed by atoms with Crippen LogP contribution in [0.25, 0.3) is 0 Å². The van der Waals surface area contributed by atoms with Crippen molar-refractivity contribution in [2.24, 2.45) is 7.05 Å². The number of hydrogen-bond donors (Lipinski definition) is 1. The van der Waals surface area contributed by atoms with Gasteiger partial charge in [0.15, 0.2) is 0 Å². The van der Waals surface area contributed by atoms with Crippen LogP contribution in [-0.4, -0.2) is 46.2 Å². The molecule has 2 aliphatic heterocycles. The molecule has 5 nitrogen and oxygen atoms in total. The number of rotatable bonds is 3. The Bertz CT molecular complexity index is 797. The molecular formula is C21H28N4O. The number of hydrogen-bond acceptors (Lipinski definition) is 4. The van der Waals surface area contributed by atoms with Gasteiger partial charge >= 0.3 is 0 Å². The van der Waals surface area contributed by atoms with E-state index in [1.807, 2.05) is 12.5 Å². The lowest BCUT2D eigenvalue weighted by molar-refractivity contribution is -0.0380. The quantitative estimate of drug-likeness (QED) is 0.922. The summed E-state index contributed by atoms with van der Waals surface area (Å²) in [6.07, 6.45) is 8.70. The van der Waals surface area contributed by atoms with Gasteiger partial charge in [-0.2, -0.15) is 0 Å². The van der Waals surface area contributed by atoms with E-state index in [1.165, 1.54) is 30.5 Å². The van der Waals surface area contributed by atoms with Gasteiger partial charge in [-0.05, 0) is 32.4 Å². The van der Waals surface area contributed by atoms with Gasteiger partial charge in [-0.15, -0.1) is 0 Å². The van der Waals surface area contributed by atoms with Gasteiger partial charge in [-0.1, -0.05) is 18.2 Å². The van der Waals surface area contributed by atoms with Crippen LogP contribution in [0.15, 0.2) is 36.8 Å². The minimum atomic E-state index is 0.0680. The first kappa shape index (κ1) is 16.3. The zero-order chi connectivity index (χ0) is 17.7. The fraction of sp³-hybridized carbons (Fsp3) is 0.571. The van der Waals surface area contributed by atoms with Crippen molar-refractivity contribution >= 4 is 0 Å². The van der Waals surface area contributed by atoms with Crippen LogP contribution < -0.4 is 10.1 Å². The third-order valence-electron chi connectivity index (χ3n) is 6.61.